The molecule has 0 fully saturated rings. The van der Waals surface area contributed by atoms with Crippen molar-refractivity contribution in [3.05, 3.63) is 48.0 Å². The first-order chi connectivity index (χ1) is 13.0. The van der Waals surface area contributed by atoms with Crippen molar-refractivity contribution < 1.29 is 9.84 Å². The smallest absolute Gasteiger partial charge is 0.132 e. The molecule has 2 unspecified atom stereocenters. The summed E-state index contributed by atoms with van der Waals surface area (Å²) in [5.41, 5.74) is 1.03. The second kappa shape index (κ2) is 9.76. The van der Waals surface area contributed by atoms with Crippen molar-refractivity contribution in [3.63, 3.8) is 0 Å². The van der Waals surface area contributed by atoms with Crippen LogP contribution in [0.5, 0.6) is 11.5 Å². The molecule has 1 heterocycles. The minimum atomic E-state index is 0.335. The van der Waals surface area contributed by atoms with E-state index in [1.54, 1.807) is 11.8 Å². The van der Waals surface area contributed by atoms with Crippen LogP contribution >= 0.6 is 23.5 Å². The van der Waals surface area contributed by atoms with Gasteiger partial charge in [-0.3, -0.25) is 0 Å². The van der Waals surface area contributed by atoms with Crippen molar-refractivity contribution in [2.45, 2.75) is 42.5 Å². The Balaban J connectivity index is 1.45. The van der Waals surface area contributed by atoms with E-state index in [1.165, 1.54) is 4.90 Å². The van der Waals surface area contributed by atoms with E-state index in [4.69, 9.17) is 4.74 Å². The molecular formula is C22H29NO2S2. The third kappa shape index (κ3) is 5.59. The lowest BCUT2D eigenvalue weighted by atomic mass is 10.0. The zero-order valence-corrected chi connectivity index (χ0v) is 17.9. The second-order valence-electron chi connectivity index (χ2n) is 7.44. The maximum Gasteiger partial charge on any atom is 0.132 e. The Morgan fingerprint density at radius 1 is 1.19 bits per heavy atom. The molecule has 0 saturated heterocycles. The Morgan fingerprint density at radius 3 is 2.81 bits per heavy atom. The van der Waals surface area contributed by atoms with Gasteiger partial charge in [0, 0.05) is 21.3 Å². The van der Waals surface area contributed by atoms with Crippen LogP contribution in [0, 0.1) is 5.92 Å². The largest absolute Gasteiger partial charge is 0.506 e. The number of hydrogen-bond acceptors (Lipinski definition) is 5. The molecule has 3 nitrogen and oxygen atoms in total. The number of fused-ring (bicyclic) bond motifs is 1. The van der Waals surface area contributed by atoms with Gasteiger partial charge < -0.3 is 15.2 Å². The van der Waals surface area contributed by atoms with Gasteiger partial charge in [-0.05, 0) is 42.1 Å². The number of phenols is 1. The maximum absolute atomic E-state index is 10.5. The third-order valence-corrected chi connectivity index (χ3v) is 7.25. The fourth-order valence-corrected chi connectivity index (χ4v) is 5.07. The first-order valence-corrected chi connectivity index (χ1v) is 11.5. The lowest BCUT2D eigenvalue weighted by Gasteiger charge is -2.19. The molecular weight excluding hydrogens is 374 g/mol. The number of nitrogens with one attached hydrogen (secondary N) is 1. The van der Waals surface area contributed by atoms with Crippen molar-refractivity contribution in [2.75, 3.05) is 24.7 Å². The number of aromatic hydroxyl groups is 1. The molecule has 1 aliphatic heterocycles. The number of rotatable bonds is 7. The lowest BCUT2D eigenvalue weighted by molar-refractivity contribution is 0.270. The minimum absolute atomic E-state index is 0.335. The van der Waals surface area contributed by atoms with E-state index in [1.807, 2.05) is 42.1 Å². The topological polar surface area (TPSA) is 41.5 Å². The Hall–Kier alpha value is -1.30. The second-order valence-corrected chi connectivity index (χ2v) is 9.56. The summed E-state index contributed by atoms with van der Waals surface area (Å²) in [5, 5.41) is 14.1. The number of ether oxygens (including phenoxy) is 1. The highest BCUT2D eigenvalue weighted by Crippen LogP contribution is 2.36. The quantitative estimate of drug-likeness (QED) is 0.607. The van der Waals surface area contributed by atoms with E-state index >= 15 is 0 Å². The van der Waals surface area contributed by atoms with Crippen molar-refractivity contribution in [1.29, 1.82) is 0 Å². The van der Waals surface area contributed by atoms with E-state index in [-0.39, 0.29) is 0 Å². The van der Waals surface area contributed by atoms with Crippen LogP contribution in [-0.2, 0) is 0 Å². The van der Waals surface area contributed by atoms with Gasteiger partial charge in [-0.1, -0.05) is 45.0 Å². The molecule has 27 heavy (non-hydrogen) atoms. The zero-order chi connectivity index (χ0) is 19.2. The molecule has 2 aromatic carbocycles. The summed E-state index contributed by atoms with van der Waals surface area (Å²) in [6, 6.07) is 14.7. The van der Waals surface area contributed by atoms with Gasteiger partial charge in [0.25, 0.3) is 0 Å². The van der Waals surface area contributed by atoms with Crippen LogP contribution in [0.25, 0.3) is 0 Å². The maximum atomic E-state index is 10.5. The van der Waals surface area contributed by atoms with Crippen molar-refractivity contribution >= 4 is 23.5 Å². The fourth-order valence-electron chi connectivity index (χ4n) is 3.02. The molecule has 0 saturated carbocycles. The van der Waals surface area contributed by atoms with Gasteiger partial charge in [0.05, 0.1) is 6.04 Å². The Bertz CT molecular complexity index is 724. The van der Waals surface area contributed by atoms with Gasteiger partial charge in [0.1, 0.15) is 18.1 Å². The van der Waals surface area contributed by atoms with E-state index in [9.17, 15) is 5.11 Å². The average molecular weight is 404 g/mol. The Morgan fingerprint density at radius 2 is 2.00 bits per heavy atom. The summed E-state index contributed by atoms with van der Waals surface area (Å²) in [6.45, 7) is 8.13. The molecule has 0 aromatic heterocycles. The standard InChI is InChI=1S/C22H29NO2S2/c1-15(2)18-7-6-10-21(22(18)24)26-13-16(3)11-23-17-12-25-19-8-4-5-9-20(19)27-14-17/h4-10,15-17,23-24H,11-14H2,1-3H3. The van der Waals surface area contributed by atoms with Crippen LogP contribution in [0.1, 0.15) is 32.3 Å². The van der Waals surface area contributed by atoms with E-state index < -0.39 is 0 Å². The predicted molar refractivity (Wildman–Crippen MR) is 117 cm³/mol. The first kappa shape index (κ1) is 20.4. The van der Waals surface area contributed by atoms with Gasteiger partial charge in [0.2, 0.25) is 0 Å². The first-order valence-electron chi connectivity index (χ1n) is 9.57. The molecule has 0 aliphatic carbocycles. The van der Waals surface area contributed by atoms with Crippen LogP contribution in [0.2, 0.25) is 0 Å². The third-order valence-electron chi connectivity index (χ3n) is 4.66. The average Bonchev–Trinajstić information content (AvgIpc) is 2.88. The number of thioether (sulfide) groups is 2. The summed E-state index contributed by atoms with van der Waals surface area (Å²) in [4.78, 5) is 2.21. The SMILES string of the molecule is CC(CNC1COc2ccccc2SC1)CSc1cccc(C(C)C)c1O. The van der Waals surface area contributed by atoms with Gasteiger partial charge in [0.15, 0.2) is 0 Å². The van der Waals surface area contributed by atoms with Crippen LogP contribution in [0.15, 0.2) is 52.3 Å². The van der Waals surface area contributed by atoms with Crippen LogP contribution in [0.3, 0.4) is 0 Å². The van der Waals surface area contributed by atoms with E-state index in [0.29, 0.717) is 30.2 Å². The summed E-state index contributed by atoms with van der Waals surface area (Å²) < 4.78 is 5.95. The molecule has 1 aliphatic rings. The molecule has 2 atom stereocenters. The van der Waals surface area contributed by atoms with Gasteiger partial charge in [-0.15, -0.1) is 23.5 Å². The van der Waals surface area contributed by atoms with E-state index in [0.717, 1.165) is 34.3 Å². The molecule has 0 radical (unpaired) electrons. The Labute approximate surface area is 171 Å². The fraction of sp³-hybridized carbons (Fsp3) is 0.455. The molecule has 5 heteroatoms. The van der Waals surface area contributed by atoms with Gasteiger partial charge in [-0.25, -0.2) is 0 Å². The molecule has 0 amide bonds. The minimum Gasteiger partial charge on any atom is -0.506 e. The van der Waals surface area contributed by atoms with E-state index in [2.05, 4.69) is 38.2 Å². The monoisotopic (exact) mass is 403 g/mol. The highest BCUT2D eigenvalue weighted by molar-refractivity contribution is 7.99. The summed E-state index contributed by atoms with van der Waals surface area (Å²) in [6.07, 6.45) is 0. The number of hydrogen-bond donors (Lipinski definition) is 2. The molecule has 2 aromatic rings. The molecule has 2 N–H and O–H groups in total. The summed E-state index contributed by atoms with van der Waals surface area (Å²) >= 11 is 3.60. The summed E-state index contributed by atoms with van der Waals surface area (Å²) in [5.74, 6) is 4.28. The number of para-hydroxylation sites is 2. The highest BCUT2D eigenvalue weighted by atomic mass is 32.2. The highest BCUT2D eigenvalue weighted by Gasteiger charge is 2.18. The van der Waals surface area contributed by atoms with Gasteiger partial charge >= 0.3 is 0 Å². The Kier molecular flexibility index (Phi) is 7.39. The number of phenolic OH excluding ortho intramolecular Hbond substituents is 1. The van der Waals surface area contributed by atoms with Crippen molar-refractivity contribution in [1.82, 2.24) is 5.32 Å². The molecule has 3 rings (SSSR count). The molecule has 146 valence electrons. The number of benzene rings is 2. The van der Waals surface area contributed by atoms with Crippen LogP contribution in [0.4, 0.5) is 0 Å². The summed E-state index contributed by atoms with van der Waals surface area (Å²) in [7, 11) is 0. The zero-order valence-electron chi connectivity index (χ0n) is 16.3. The van der Waals surface area contributed by atoms with Crippen LogP contribution < -0.4 is 10.1 Å². The predicted octanol–water partition coefficient (Wildman–Crippen LogP) is 5.39. The molecule has 0 bridgehead atoms. The normalized spacial score (nSPS) is 17.9. The lowest BCUT2D eigenvalue weighted by Crippen LogP contribution is -2.39. The van der Waals surface area contributed by atoms with Gasteiger partial charge in [-0.2, -0.15) is 0 Å². The van der Waals surface area contributed by atoms with Crippen molar-refractivity contribution in [3.8, 4) is 11.5 Å². The van der Waals surface area contributed by atoms with Crippen molar-refractivity contribution in [2.24, 2.45) is 5.92 Å². The molecule has 0 spiro atoms. The van der Waals surface area contributed by atoms with Crippen LogP contribution in [-0.4, -0.2) is 35.8 Å².